The molecule has 0 radical (unpaired) electrons. The number of aromatic nitrogens is 3. The number of carbonyl (C=O) groups excluding carboxylic acids is 1. The highest BCUT2D eigenvalue weighted by Gasteiger charge is 2.28. The smallest absolute Gasteiger partial charge is 0.254 e. The lowest BCUT2D eigenvalue weighted by Crippen LogP contribution is -2.39. The Hall–Kier alpha value is -2.37. The van der Waals surface area contributed by atoms with Crippen LogP contribution in [0.1, 0.15) is 40.5 Å². The Morgan fingerprint density at radius 2 is 2.22 bits per heavy atom. The molecule has 1 atom stereocenters. The number of nitrogens with zero attached hydrogens (tertiary/aromatic N) is 4. The first-order valence-corrected chi connectivity index (χ1v) is 7.88. The number of hydrogen-bond donors (Lipinski definition) is 0. The van der Waals surface area contributed by atoms with Crippen molar-refractivity contribution in [3.63, 3.8) is 0 Å². The lowest BCUT2D eigenvalue weighted by molar-refractivity contribution is 0.0703. The summed E-state index contributed by atoms with van der Waals surface area (Å²) in [6, 6.07) is 5.62. The molecule has 1 aromatic heterocycles. The molecule has 1 aliphatic rings. The number of aryl methyl sites for hydroxylation is 2. The fraction of sp³-hybridized carbons (Fsp3) is 0.471. The van der Waals surface area contributed by atoms with Gasteiger partial charge in [-0.3, -0.25) is 4.79 Å². The quantitative estimate of drug-likeness (QED) is 0.871. The summed E-state index contributed by atoms with van der Waals surface area (Å²) in [5, 5.41) is 8.15. The minimum absolute atomic E-state index is 0.0511. The van der Waals surface area contributed by atoms with Crippen molar-refractivity contribution in [3.05, 3.63) is 41.5 Å². The lowest BCUT2D eigenvalue weighted by Gasteiger charge is -2.32. The predicted molar refractivity (Wildman–Crippen MR) is 86.6 cm³/mol. The van der Waals surface area contributed by atoms with Gasteiger partial charge in [-0.15, -0.1) is 10.2 Å². The van der Waals surface area contributed by atoms with E-state index in [0.29, 0.717) is 12.1 Å². The van der Waals surface area contributed by atoms with E-state index >= 15 is 0 Å². The van der Waals surface area contributed by atoms with Crippen LogP contribution in [0.25, 0.3) is 0 Å². The van der Waals surface area contributed by atoms with Crippen LogP contribution < -0.4 is 4.74 Å². The molecule has 1 aliphatic heterocycles. The van der Waals surface area contributed by atoms with Crippen LogP contribution in [-0.4, -0.2) is 45.8 Å². The summed E-state index contributed by atoms with van der Waals surface area (Å²) in [7, 11) is 3.57. The van der Waals surface area contributed by atoms with Crippen molar-refractivity contribution in [3.8, 4) is 5.75 Å². The van der Waals surface area contributed by atoms with Gasteiger partial charge in [-0.05, 0) is 37.5 Å². The Kier molecular flexibility index (Phi) is 4.32. The van der Waals surface area contributed by atoms with Crippen LogP contribution in [0.3, 0.4) is 0 Å². The molecular formula is C17H22N4O2. The number of rotatable bonds is 3. The molecule has 23 heavy (non-hydrogen) atoms. The number of piperidine rings is 1. The molecule has 6 heteroatoms. The van der Waals surface area contributed by atoms with E-state index in [4.69, 9.17) is 4.74 Å². The van der Waals surface area contributed by atoms with Crippen LogP contribution in [0.5, 0.6) is 5.75 Å². The van der Waals surface area contributed by atoms with E-state index in [-0.39, 0.29) is 11.8 Å². The van der Waals surface area contributed by atoms with Crippen LogP contribution in [0.2, 0.25) is 0 Å². The van der Waals surface area contributed by atoms with Crippen LogP contribution in [-0.2, 0) is 7.05 Å². The molecule has 1 fully saturated rings. The van der Waals surface area contributed by atoms with Crippen LogP contribution in [0.4, 0.5) is 0 Å². The van der Waals surface area contributed by atoms with Gasteiger partial charge in [0.05, 0.1) is 7.11 Å². The number of methoxy groups -OCH3 is 1. The predicted octanol–water partition coefficient (Wildman–Crippen LogP) is 2.15. The lowest BCUT2D eigenvalue weighted by atomic mass is 9.96. The molecular weight excluding hydrogens is 292 g/mol. The van der Waals surface area contributed by atoms with Crippen molar-refractivity contribution in [2.24, 2.45) is 7.05 Å². The Morgan fingerprint density at radius 1 is 1.39 bits per heavy atom. The summed E-state index contributed by atoms with van der Waals surface area (Å²) >= 11 is 0. The zero-order valence-corrected chi connectivity index (χ0v) is 13.8. The molecule has 0 bridgehead atoms. The van der Waals surface area contributed by atoms with Crippen LogP contribution >= 0.6 is 0 Å². The Balaban J connectivity index is 1.78. The fourth-order valence-electron chi connectivity index (χ4n) is 3.17. The van der Waals surface area contributed by atoms with Gasteiger partial charge in [-0.25, -0.2) is 0 Å². The summed E-state index contributed by atoms with van der Waals surface area (Å²) in [4.78, 5) is 14.7. The van der Waals surface area contributed by atoms with Crippen molar-refractivity contribution in [2.45, 2.75) is 25.7 Å². The molecule has 1 saturated heterocycles. The SMILES string of the molecule is COc1cc(C(=O)N2CCC[C@@H](c3nncn3C)C2)ccc1C. The van der Waals surface area contributed by atoms with Gasteiger partial charge in [0.25, 0.3) is 5.91 Å². The van der Waals surface area contributed by atoms with Crippen molar-refractivity contribution in [2.75, 3.05) is 20.2 Å². The number of carbonyl (C=O) groups is 1. The summed E-state index contributed by atoms with van der Waals surface area (Å²) in [5.74, 6) is 1.99. The summed E-state index contributed by atoms with van der Waals surface area (Å²) in [6.45, 7) is 3.43. The Bertz CT molecular complexity index is 710. The minimum atomic E-state index is 0.0511. The van der Waals surface area contributed by atoms with Crippen LogP contribution in [0, 0.1) is 6.92 Å². The molecule has 2 aromatic rings. The fourth-order valence-corrected chi connectivity index (χ4v) is 3.17. The minimum Gasteiger partial charge on any atom is -0.496 e. The van der Waals surface area contributed by atoms with Gasteiger partial charge < -0.3 is 14.2 Å². The highest BCUT2D eigenvalue weighted by molar-refractivity contribution is 5.94. The third-order valence-electron chi connectivity index (χ3n) is 4.48. The van der Waals surface area contributed by atoms with Gasteiger partial charge in [-0.2, -0.15) is 0 Å². The van der Waals surface area contributed by atoms with E-state index in [1.165, 1.54) is 0 Å². The Morgan fingerprint density at radius 3 is 2.91 bits per heavy atom. The maximum absolute atomic E-state index is 12.8. The number of ether oxygens (including phenoxy) is 1. The van der Waals surface area contributed by atoms with Crippen molar-refractivity contribution in [1.29, 1.82) is 0 Å². The maximum Gasteiger partial charge on any atom is 0.254 e. The monoisotopic (exact) mass is 314 g/mol. The van der Waals surface area contributed by atoms with E-state index in [2.05, 4.69) is 10.2 Å². The molecule has 2 heterocycles. The highest BCUT2D eigenvalue weighted by atomic mass is 16.5. The van der Waals surface area contributed by atoms with Crippen molar-refractivity contribution in [1.82, 2.24) is 19.7 Å². The second-order valence-electron chi connectivity index (χ2n) is 6.07. The van der Waals surface area contributed by atoms with Gasteiger partial charge in [0.15, 0.2) is 0 Å². The van der Waals surface area contributed by atoms with Gasteiger partial charge in [0.1, 0.15) is 17.9 Å². The van der Waals surface area contributed by atoms with Crippen LogP contribution in [0.15, 0.2) is 24.5 Å². The molecule has 0 unspecified atom stereocenters. The summed E-state index contributed by atoms with van der Waals surface area (Å²) < 4.78 is 7.26. The van der Waals surface area contributed by atoms with E-state index in [9.17, 15) is 4.79 Å². The van der Waals surface area contributed by atoms with E-state index in [1.807, 2.05) is 41.6 Å². The first-order chi connectivity index (χ1) is 11.1. The number of hydrogen-bond acceptors (Lipinski definition) is 4. The zero-order chi connectivity index (χ0) is 16.4. The number of benzene rings is 1. The third-order valence-corrected chi connectivity index (χ3v) is 4.48. The van der Waals surface area contributed by atoms with E-state index in [1.54, 1.807) is 13.4 Å². The largest absolute Gasteiger partial charge is 0.496 e. The first kappa shape index (κ1) is 15.5. The molecule has 3 rings (SSSR count). The highest BCUT2D eigenvalue weighted by Crippen LogP contribution is 2.27. The first-order valence-electron chi connectivity index (χ1n) is 7.88. The standard InChI is InChI=1S/C17H22N4O2/c1-12-6-7-13(9-15(12)23-3)17(22)21-8-4-5-14(10-21)16-19-18-11-20(16)2/h6-7,9,11,14H,4-5,8,10H2,1-3H3/t14-/m1/s1. The third kappa shape index (κ3) is 3.06. The number of likely N-dealkylation sites (tertiary alicyclic amines) is 1. The molecule has 0 aliphatic carbocycles. The summed E-state index contributed by atoms with van der Waals surface area (Å²) in [6.07, 6.45) is 3.72. The van der Waals surface area contributed by atoms with Gasteiger partial charge in [0.2, 0.25) is 0 Å². The van der Waals surface area contributed by atoms with Crippen molar-refractivity contribution >= 4 is 5.91 Å². The molecule has 1 aromatic carbocycles. The van der Waals surface area contributed by atoms with E-state index in [0.717, 1.165) is 36.5 Å². The van der Waals surface area contributed by atoms with Gasteiger partial charge in [0, 0.05) is 31.6 Å². The molecule has 0 spiro atoms. The second kappa shape index (κ2) is 6.40. The molecule has 122 valence electrons. The normalized spacial score (nSPS) is 18.0. The summed E-state index contributed by atoms with van der Waals surface area (Å²) in [5.41, 5.74) is 1.70. The Labute approximate surface area is 136 Å². The second-order valence-corrected chi connectivity index (χ2v) is 6.07. The zero-order valence-electron chi connectivity index (χ0n) is 13.8. The van der Waals surface area contributed by atoms with Gasteiger partial charge >= 0.3 is 0 Å². The number of amides is 1. The average molecular weight is 314 g/mol. The molecule has 6 nitrogen and oxygen atoms in total. The maximum atomic E-state index is 12.8. The molecule has 0 saturated carbocycles. The van der Waals surface area contributed by atoms with Crippen molar-refractivity contribution < 1.29 is 9.53 Å². The molecule has 1 amide bonds. The van der Waals surface area contributed by atoms with Gasteiger partial charge in [-0.1, -0.05) is 6.07 Å². The average Bonchev–Trinajstić information content (AvgIpc) is 3.01. The topological polar surface area (TPSA) is 60.2 Å². The van der Waals surface area contributed by atoms with E-state index < -0.39 is 0 Å². The molecule has 0 N–H and O–H groups in total.